The Bertz CT molecular complexity index is 1030. The van der Waals surface area contributed by atoms with Gasteiger partial charge in [-0.15, -0.1) is 11.3 Å². The number of nitrogens with zero attached hydrogens (tertiary/aromatic N) is 1. The summed E-state index contributed by atoms with van der Waals surface area (Å²) in [5.41, 5.74) is 3.41. The first-order valence-corrected chi connectivity index (χ1v) is 11.2. The fourth-order valence-corrected chi connectivity index (χ4v) is 4.84. The lowest BCUT2D eigenvalue weighted by molar-refractivity contribution is 0.0703. The van der Waals surface area contributed by atoms with Gasteiger partial charge in [0.15, 0.2) is 0 Å². The molecule has 3 aromatic rings. The van der Waals surface area contributed by atoms with E-state index in [-0.39, 0.29) is 10.6 Å². The van der Waals surface area contributed by atoms with Crippen molar-refractivity contribution in [2.45, 2.75) is 33.1 Å². The molecule has 0 saturated carbocycles. The minimum Gasteiger partial charge on any atom is -0.755 e. The van der Waals surface area contributed by atoms with Crippen LogP contribution in [0.4, 0.5) is 11.4 Å². The van der Waals surface area contributed by atoms with Crippen LogP contribution in [0.15, 0.2) is 54.6 Å². The van der Waals surface area contributed by atoms with Gasteiger partial charge < -0.3 is 9.66 Å². The second kappa shape index (κ2) is 9.35. The minimum absolute atomic E-state index is 0.0116. The molecule has 0 amide bonds. The second-order valence-electron chi connectivity index (χ2n) is 6.73. The van der Waals surface area contributed by atoms with Crippen molar-refractivity contribution in [3.8, 4) is 10.4 Å². The Kier molecular flexibility index (Phi) is 6.84. The lowest BCUT2D eigenvalue weighted by Crippen LogP contribution is -2.21. The third-order valence-electron chi connectivity index (χ3n) is 4.67. The Hall–Kier alpha value is -2.48. The molecule has 0 saturated heterocycles. The fraction of sp³-hybridized carbons (Fsp3) is 0.227. The van der Waals surface area contributed by atoms with Gasteiger partial charge in [-0.1, -0.05) is 55.8 Å². The molecular formula is C22H22NO4S2-. The summed E-state index contributed by atoms with van der Waals surface area (Å²) in [4.78, 5) is 12.6. The van der Waals surface area contributed by atoms with Crippen LogP contribution in [0.1, 0.15) is 40.6 Å². The van der Waals surface area contributed by atoms with E-state index in [4.69, 9.17) is 0 Å². The van der Waals surface area contributed by atoms with Gasteiger partial charge in [-0.05, 0) is 48.6 Å². The van der Waals surface area contributed by atoms with Crippen molar-refractivity contribution in [2.24, 2.45) is 0 Å². The summed E-state index contributed by atoms with van der Waals surface area (Å²) in [6.45, 7) is 3.94. The van der Waals surface area contributed by atoms with Crippen molar-refractivity contribution < 1.29 is 18.7 Å². The number of unbranched alkanes of at least 4 members (excludes halogenated alkanes) is 1. The number of thiophene rings is 1. The summed E-state index contributed by atoms with van der Waals surface area (Å²) >= 11 is -1.59. The lowest BCUT2D eigenvalue weighted by atomic mass is 10.1. The molecule has 0 spiro atoms. The first kappa shape index (κ1) is 21.2. The maximum absolute atomic E-state index is 12.1. The summed E-state index contributed by atoms with van der Waals surface area (Å²) in [6, 6.07) is 16.6. The predicted octanol–water partition coefficient (Wildman–Crippen LogP) is 5.70. The zero-order chi connectivity index (χ0) is 21.0. The number of aromatic carboxylic acids is 1. The van der Waals surface area contributed by atoms with Crippen LogP contribution in [0.5, 0.6) is 0 Å². The van der Waals surface area contributed by atoms with Gasteiger partial charge in [-0.2, -0.15) is 0 Å². The second-order valence-corrected chi connectivity index (χ2v) is 8.58. The van der Waals surface area contributed by atoms with E-state index < -0.39 is 17.2 Å². The summed E-state index contributed by atoms with van der Waals surface area (Å²) in [5.74, 6) is -1.15. The van der Waals surface area contributed by atoms with E-state index in [1.165, 1.54) is 5.56 Å². The van der Waals surface area contributed by atoms with E-state index in [2.05, 4.69) is 6.92 Å². The van der Waals surface area contributed by atoms with Gasteiger partial charge in [-0.3, -0.25) is 8.51 Å². The van der Waals surface area contributed by atoms with Gasteiger partial charge in [0.2, 0.25) is 0 Å². The standard InChI is InChI=1S/C22H23NO4S2/c1-3-4-8-16-10-12-17(13-11-16)20-14-19(21(28-20)22(24)25)23(29(26)27)18-9-6-5-7-15(18)2/h5-7,9-14H,3-4,8H2,1-2H3,(H,24,25)(H,26,27)/p-1. The van der Waals surface area contributed by atoms with Gasteiger partial charge >= 0.3 is 5.97 Å². The van der Waals surface area contributed by atoms with E-state index in [0.717, 1.165) is 46.0 Å². The lowest BCUT2D eigenvalue weighted by Gasteiger charge is -2.27. The number of carboxylic acids is 1. The monoisotopic (exact) mass is 428 g/mol. The molecule has 0 aliphatic rings. The normalized spacial score (nSPS) is 12.0. The number of para-hydroxylation sites is 1. The SMILES string of the molecule is CCCCc1ccc(-c2cc(N(c3ccccc3C)S(=O)[O-])c(C(=O)O)s2)cc1. The summed E-state index contributed by atoms with van der Waals surface area (Å²) in [6.07, 6.45) is 3.24. The maximum atomic E-state index is 12.1. The van der Waals surface area contributed by atoms with Crippen molar-refractivity contribution in [2.75, 3.05) is 4.31 Å². The van der Waals surface area contributed by atoms with Crippen molar-refractivity contribution in [1.82, 2.24) is 0 Å². The molecule has 1 unspecified atom stereocenters. The van der Waals surface area contributed by atoms with Crippen molar-refractivity contribution in [3.05, 3.63) is 70.6 Å². The molecule has 1 N–H and O–H groups in total. The molecule has 7 heteroatoms. The van der Waals surface area contributed by atoms with E-state index in [1.807, 2.05) is 30.3 Å². The highest BCUT2D eigenvalue weighted by molar-refractivity contribution is 7.81. The molecule has 29 heavy (non-hydrogen) atoms. The fourth-order valence-electron chi connectivity index (χ4n) is 3.13. The highest BCUT2D eigenvalue weighted by Gasteiger charge is 2.24. The van der Waals surface area contributed by atoms with Crippen LogP contribution in [-0.4, -0.2) is 19.8 Å². The molecule has 5 nitrogen and oxygen atoms in total. The molecule has 2 aromatic carbocycles. The molecule has 1 aromatic heterocycles. The predicted molar refractivity (Wildman–Crippen MR) is 118 cm³/mol. The topological polar surface area (TPSA) is 80.7 Å². The number of carbonyl (C=O) groups is 1. The van der Waals surface area contributed by atoms with Crippen molar-refractivity contribution in [1.29, 1.82) is 0 Å². The third kappa shape index (κ3) is 4.75. The summed E-state index contributed by atoms with van der Waals surface area (Å²) in [7, 11) is 0. The zero-order valence-corrected chi connectivity index (χ0v) is 17.9. The smallest absolute Gasteiger partial charge is 0.348 e. The molecular weight excluding hydrogens is 406 g/mol. The average Bonchev–Trinajstić information content (AvgIpc) is 3.13. The first-order valence-electron chi connectivity index (χ1n) is 9.34. The number of rotatable bonds is 8. The third-order valence-corrected chi connectivity index (χ3v) is 6.52. The first-order chi connectivity index (χ1) is 13.9. The number of hydrogen-bond acceptors (Lipinski definition) is 4. The number of aryl methyl sites for hydroxylation is 2. The van der Waals surface area contributed by atoms with E-state index in [1.54, 1.807) is 31.2 Å². The maximum Gasteiger partial charge on any atom is 0.348 e. The summed E-state index contributed by atoms with van der Waals surface area (Å²) in [5, 5.41) is 9.70. The Morgan fingerprint density at radius 2 is 1.83 bits per heavy atom. The molecule has 0 bridgehead atoms. The Morgan fingerprint density at radius 1 is 1.14 bits per heavy atom. The largest absolute Gasteiger partial charge is 0.755 e. The minimum atomic E-state index is -2.67. The number of anilines is 2. The molecule has 0 fully saturated rings. The van der Waals surface area contributed by atoms with Crippen LogP contribution in [0.2, 0.25) is 0 Å². The van der Waals surface area contributed by atoms with Gasteiger partial charge in [-0.25, -0.2) is 4.79 Å². The van der Waals surface area contributed by atoms with Crippen molar-refractivity contribution >= 4 is 39.9 Å². The van der Waals surface area contributed by atoms with Gasteiger partial charge in [0.05, 0.1) is 22.6 Å². The molecule has 0 radical (unpaired) electrons. The van der Waals surface area contributed by atoms with Crippen LogP contribution in [-0.2, 0) is 17.7 Å². The summed E-state index contributed by atoms with van der Waals surface area (Å²) < 4.78 is 25.2. The molecule has 1 atom stereocenters. The highest BCUT2D eigenvalue weighted by atomic mass is 32.2. The Morgan fingerprint density at radius 3 is 2.41 bits per heavy atom. The molecule has 0 aliphatic heterocycles. The molecule has 3 rings (SSSR count). The van der Waals surface area contributed by atoms with Crippen LogP contribution in [0, 0.1) is 6.92 Å². The van der Waals surface area contributed by atoms with Gasteiger partial charge in [0.25, 0.3) is 0 Å². The quantitative estimate of drug-likeness (QED) is 0.467. The van der Waals surface area contributed by atoms with Gasteiger partial charge in [0, 0.05) is 4.88 Å². The Labute approximate surface area is 177 Å². The van der Waals surface area contributed by atoms with Crippen molar-refractivity contribution in [3.63, 3.8) is 0 Å². The van der Waals surface area contributed by atoms with Crippen LogP contribution in [0.25, 0.3) is 10.4 Å². The number of hydrogen-bond donors (Lipinski definition) is 1. The van der Waals surface area contributed by atoms with E-state index >= 15 is 0 Å². The number of benzene rings is 2. The average molecular weight is 429 g/mol. The van der Waals surface area contributed by atoms with Crippen LogP contribution in [0.3, 0.4) is 0 Å². The van der Waals surface area contributed by atoms with Crippen LogP contribution >= 0.6 is 11.3 Å². The Balaban J connectivity index is 2.05. The van der Waals surface area contributed by atoms with E-state index in [0.29, 0.717) is 10.6 Å². The highest BCUT2D eigenvalue weighted by Crippen LogP contribution is 2.41. The zero-order valence-electron chi connectivity index (χ0n) is 16.3. The molecule has 152 valence electrons. The van der Waals surface area contributed by atoms with E-state index in [9.17, 15) is 18.7 Å². The van der Waals surface area contributed by atoms with Gasteiger partial charge in [0.1, 0.15) is 4.88 Å². The number of carboxylic acid groups (broad SMARTS) is 1. The van der Waals surface area contributed by atoms with Crippen LogP contribution < -0.4 is 4.31 Å². The molecule has 0 aliphatic carbocycles. The molecule has 1 heterocycles.